The number of fused-ring (bicyclic) bond motifs is 1. The molecule has 0 radical (unpaired) electrons. The molecule has 1 atom stereocenters. The van der Waals surface area contributed by atoms with Crippen molar-refractivity contribution in [3.05, 3.63) is 76.5 Å². The highest BCUT2D eigenvalue weighted by atomic mass is 16.1. The van der Waals surface area contributed by atoms with Crippen LogP contribution in [0.15, 0.2) is 54.2 Å². The molecule has 4 nitrogen and oxygen atoms in total. The predicted molar refractivity (Wildman–Crippen MR) is 108 cm³/mol. The van der Waals surface area contributed by atoms with Crippen LogP contribution in [0.2, 0.25) is 0 Å². The Balaban J connectivity index is 1.68. The molecule has 2 aromatic carbocycles. The number of hydrogen-bond donors (Lipinski definition) is 2. The molecule has 0 saturated carbocycles. The van der Waals surface area contributed by atoms with Crippen LogP contribution in [0.1, 0.15) is 48.1 Å². The van der Waals surface area contributed by atoms with Gasteiger partial charge in [0.15, 0.2) is 0 Å². The summed E-state index contributed by atoms with van der Waals surface area (Å²) in [6.07, 6.45) is 6.19. The van der Waals surface area contributed by atoms with Crippen molar-refractivity contribution in [1.82, 2.24) is 5.32 Å². The first-order valence-electron chi connectivity index (χ1n) is 9.43. The Morgan fingerprint density at radius 3 is 2.63 bits per heavy atom. The lowest BCUT2D eigenvalue weighted by molar-refractivity contribution is -0.117. The minimum Gasteiger partial charge on any atom is -0.360 e. The molecule has 0 aromatic heterocycles. The third-order valence-electron chi connectivity index (χ3n) is 5.10. The lowest BCUT2D eigenvalue weighted by atomic mass is 9.89. The molecule has 1 aliphatic rings. The number of hydrogen-bond acceptors (Lipinski definition) is 3. The fourth-order valence-electron chi connectivity index (χ4n) is 3.41. The normalized spacial score (nSPS) is 14.6. The number of rotatable bonds is 5. The lowest BCUT2D eigenvalue weighted by Crippen LogP contribution is -2.28. The first kappa shape index (κ1) is 18.7. The molecule has 1 unspecified atom stereocenters. The average Bonchev–Trinajstić information content (AvgIpc) is 2.69. The number of anilines is 1. The first-order chi connectivity index (χ1) is 13.1. The predicted octanol–water partition coefficient (Wildman–Crippen LogP) is 4.57. The van der Waals surface area contributed by atoms with Gasteiger partial charge in [-0.2, -0.15) is 5.26 Å². The molecule has 27 heavy (non-hydrogen) atoms. The van der Waals surface area contributed by atoms with Gasteiger partial charge in [-0.1, -0.05) is 36.4 Å². The minimum absolute atomic E-state index is 0.0584. The molecule has 1 aliphatic carbocycles. The Kier molecular flexibility index (Phi) is 5.93. The van der Waals surface area contributed by atoms with Crippen LogP contribution >= 0.6 is 0 Å². The topological polar surface area (TPSA) is 64.9 Å². The van der Waals surface area contributed by atoms with Crippen LogP contribution < -0.4 is 10.6 Å². The number of benzene rings is 2. The van der Waals surface area contributed by atoms with Gasteiger partial charge in [-0.05, 0) is 67.9 Å². The van der Waals surface area contributed by atoms with E-state index in [2.05, 4.69) is 28.8 Å². The van der Waals surface area contributed by atoms with Gasteiger partial charge in [0.2, 0.25) is 0 Å². The summed E-state index contributed by atoms with van der Waals surface area (Å²) in [5.41, 5.74) is 5.87. The van der Waals surface area contributed by atoms with E-state index in [1.165, 1.54) is 30.2 Å². The summed E-state index contributed by atoms with van der Waals surface area (Å²) < 4.78 is 0. The third-order valence-corrected chi connectivity index (χ3v) is 5.10. The number of carbonyl (C=O) groups excluding carboxylic acids is 1. The van der Waals surface area contributed by atoms with Gasteiger partial charge in [-0.3, -0.25) is 4.79 Å². The molecule has 0 saturated heterocycles. The summed E-state index contributed by atoms with van der Waals surface area (Å²) in [5, 5.41) is 15.4. The number of aryl methyl sites for hydroxylation is 3. The van der Waals surface area contributed by atoms with Gasteiger partial charge in [0.25, 0.3) is 5.91 Å². The molecule has 3 rings (SSSR count). The second kappa shape index (κ2) is 8.55. The first-order valence-corrected chi connectivity index (χ1v) is 9.43. The summed E-state index contributed by atoms with van der Waals surface area (Å²) in [5.74, 6) is -0.371. The fourth-order valence-corrected chi connectivity index (χ4v) is 3.41. The Morgan fingerprint density at radius 1 is 1.15 bits per heavy atom. The van der Waals surface area contributed by atoms with E-state index in [0.29, 0.717) is 0 Å². The van der Waals surface area contributed by atoms with E-state index in [-0.39, 0.29) is 17.5 Å². The van der Waals surface area contributed by atoms with E-state index in [0.717, 1.165) is 29.7 Å². The molecule has 2 N–H and O–H groups in total. The van der Waals surface area contributed by atoms with E-state index in [4.69, 9.17) is 0 Å². The molecule has 0 fully saturated rings. The second-order valence-electron chi connectivity index (χ2n) is 7.06. The molecule has 138 valence electrons. The summed E-state index contributed by atoms with van der Waals surface area (Å²) in [6.45, 7) is 3.92. The SMILES string of the molecule is Cc1ccccc1N/C=C(/C#N)C(=O)NC(C)c1ccc2c(c1)CCCC2. The maximum absolute atomic E-state index is 12.5. The quantitative estimate of drug-likeness (QED) is 0.607. The molecular formula is C23H25N3O. The molecule has 1 amide bonds. The molecule has 0 spiro atoms. The van der Waals surface area contributed by atoms with Gasteiger partial charge in [0.1, 0.15) is 11.6 Å². The smallest absolute Gasteiger partial charge is 0.263 e. The maximum atomic E-state index is 12.5. The van der Waals surface area contributed by atoms with Crippen molar-refractivity contribution in [3.63, 3.8) is 0 Å². The summed E-state index contributed by atoms with van der Waals surface area (Å²) in [4.78, 5) is 12.5. The molecule has 2 aromatic rings. The van der Waals surface area contributed by atoms with Crippen molar-refractivity contribution in [2.24, 2.45) is 0 Å². The van der Waals surface area contributed by atoms with E-state index in [9.17, 15) is 10.1 Å². The van der Waals surface area contributed by atoms with Crippen molar-refractivity contribution in [2.75, 3.05) is 5.32 Å². The van der Waals surface area contributed by atoms with Crippen molar-refractivity contribution in [2.45, 2.75) is 45.6 Å². The number of nitriles is 1. The van der Waals surface area contributed by atoms with E-state index in [1.807, 2.05) is 44.2 Å². The van der Waals surface area contributed by atoms with Gasteiger partial charge in [-0.25, -0.2) is 0 Å². The zero-order valence-corrected chi connectivity index (χ0v) is 15.9. The van der Waals surface area contributed by atoms with Crippen LogP contribution in [-0.2, 0) is 17.6 Å². The highest BCUT2D eigenvalue weighted by molar-refractivity contribution is 5.97. The third kappa shape index (κ3) is 4.57. The largest absolute Gasteiger partial charge is 0.360 e. The standard InChI is InChI=1S/C23H25N3O/c1-16-7-3-6-10-22(16)25-15-21(14-24)23(27)26-17(2)19-12-11-18-8-4-5-9-20(18)13-19/h3,6-7,10-13,15,17,25H,4-5,8-9H2,1-2H3,(H,26,27)/b21-15-. The molecule has 0 bridgehead atoms. The van der Waals surface area contributed by atoms with Gasteiger partial charge in [-0.15, -0.1) is 0 Å². The number of nitrogens with one attached hydrogen (secondary N) is 2. The van der Waals surface area contributed by atoms with Crippen LogP contribution in [0.5, 0.6) is 0 Å². The molecular weight excluding hydrogens is 334 g/mol. The highest BCUT2D eigenvalue weighted by Gasteiger charge is 2.16. The van der Waals surface area contributed by atoms with Crippen LogP contribution in [-0.4, -0.2) is 5.91 Å². The second-order valence-corrected chi connectivity index (χ2v) is 7.06. The van der Waals surface area contributed by atoms with Gasteiger partial charge >= 0.3 is 0 Å². The fraction of sp³-hybridized carbons (Fsp3) is 0.304. The van der Waals surface area contributed by atoms with Crippen LogP contribution in [0.4, 0.5) is 5.69 Å². The number of nitrogens with zero attached hydrogens (tertiary/aromatic N) is 1. The minimum atomic E-state index is -0.371. The maximum Gasteiger partial charge on any atom is 0.263 e. The summed E-state index contributed by atoms with van der Waals surface area (Å²) >= 11 is 0. The monoisotopic (exact) mass is 359 g/mol. The Morgan fingerprint density at radius 2 is 1.89 bits per heavy atom. The zero-order chi connectivity index (χ0) is 19.2. The number of para-hydroxylation sites is 1. The van der Waals surface area contributed by atoms with Crippen molar-refractivity contribution < 1.29 is 4.79 Å². The van der Waals surface area contributed by atoms with Crippen molar-refractivity contribution in [1.29, 1.82) is 5.26 Å². The van der Waals surface area contributed by atoms with Gasteiger partial charge in [0.05, 0.1) is 6.04 Å². The van der Waals surface area contributed by atoms with Crippen molar-refractivity contribution >= 4 is 11.6 Å². The number of amides is 1. The van der Waals surface area contributed by atoms with Crippen LogP contribution in [0, 0.1) is 18.3 Å². The molecule has 4 heteroatoms. The van der Waals surface area contributed by atoms with E-state index in [1.54, 1.807) is 0 Å². The summed E-state index contributed by atoms with van der Waals surface area (Å²) in [6, 6.07) is 16.0. The summed E-state index contributed by atoms with van der Waals surface area (Å²) in [7, 11) is 0. The van der Waals surface area contributed by atoms with E-state index >= 15 is 0 Å². The lowest BCUT2D eigenvalue weighted by Gasteiger charge is -2.20. The Hall–Kier alpha value is -3.06. The molecule has 0 aliphatic heterocycles. The zero-order valence-electron chi connectivity index (χ0n) is 15.9. The van der Waals surface area contributed by atoms with Crippen molar-refractivity contribution in [3.8, 4) is 6.07 Å². The Bertz CT molecular complexity index is 908. The van der Waals surface area contributed by atoms with Gasteiger partial charge in [0, 0.05) is 11.9 Å². The Labute approximate surface area is 160 Å². The van der Waals surface area contributed by atoms with Gasteiger partial charge < -0.3 is 10.6 Å². The molecule has 0 heterocycles. The van der Waals surface area contributed by atoms with Crippen LogP contribution in [0.3, 0.4) is 0 Å². The highest BCUT2D eigenvalue weighted by Crippen LogP contribution is 2.25. The average molecular weight is 359 g/mol. The number of carbonyl (C=O) groups is 1. The van der Waals surface area contributed by atoms with E-state index < -0.39 is 0 Å². The van der Waals surface area contributed by atoms with Crippen LogP contribution in [0.25, 0.3) is 0 Å².